The molecule has 3 heteroatoms. The quantitative estimate of drug-likeness (QED) is 0.189. The SMILES string of the molecule is CCCCOc1c(C(C)(C)C)cccc1C(O)(c1ccccc1)c1cccc(-c2ccccc2OC)c1. The lowest BCUT2D eigenvalue weighted by molar-refractivity contribution is 0.120. The Morgan fingerprint density at radius 2 is 1.38 bits per heavy atom. The summed E-state index contributed by atoms with van der Waals surface area (Å²) in [6.07, 6.45) is 1.99. The van der Waals surface area contributed by atoms with Gasteiger partial charge in [-0.2, -0.15) is 0 Å². The minimum Gasteiger partial charge on any atom is -0.496 e. The van der Waals surface area contributed by atoms with E-state index in [1.807, 2.05) is 78.9 Å². The monoisotopic (exact) mass is 494 g/mol. The molecule has 0 bridgehead atoms. The number of aliphatic hydroxyl groups is 1. The molecule has 0 aliphatic rings. The molecule has 37 heavy (non-hydrogen) atoms. The highest BCUT2D eigenvalue weighted by Crippen LogP contribution is 2.46. The summed E-state index contributed by atoms with van der Waals surface area (Å²) < 4.78 is 12.1. The Hall–Kier alpha value is -3.56. The van der Waals surface area contributed by atoms with Gasteiger partial charge in [0.25, 0.3) is 0 Å². The van der Waals surface area contributed by atoms with E-state index in [9.17, 15) is 5.11 Å². The normalized spacial score (nSPS) is 13.1. The van der Waals surface area contributed by atoms with Gasteiger partial charge in [-0.25, -0.2) is 0 Å². The van der Waals surface area contributed by atoms with E-state index in [0.29, 0.717) is 6.61 Å². The van der Waals surface area contributed by atoms with E-state index in [1.54, 1.807) is 7.11 Å². The van der Waals surface area contributed by atoms with Crippen molar-refractivity contribution in [1.29, 1.82) is 0 Å². The van der Waals surface area contributed by atoms with Gasteiger partial charge in [-0.15, -0.1) is 0 Å². The Morgan fingerprint density at radius 3 is 2.08 bits per heavy atom. The van der Waals surface area contributed by atoms with Gasteiger partial charge in [-0.3, -0.25) is 0 Å². The molecule has 0 heterocycles. The third-order valence-electron chi connectivity index (χ3n) is 6.85. The average Bonchev–Trinajstić information content (AvgIpc) is 2.92. The van der Waals surface area contributed by atoms with Crippen molar-refractivity contribution in [3.63, 3.8) is 0 Å². The van der Waals surface area contributed by atoms with E-state index in [0.717, 1.165) is 57.7 Å². The first-order valence-electron chi connectivity index (χ1n) is 13.1. The van der Waals surface area contributed by atoms with Gasteiger partial charge in [0.05, 0.1) is 13.7 Å². The second kappa shape index (κ2) is 11.2. The molecule has 0 fully saturated rings. The lowest BCUT2D eigenvalue weighted by atomic mass is 9.76. The lowest BCUT2D eigenvalue weighted by Gasteiger charge is -2.34. The Labute approximate surface area is 221 Å². The maximum absolute atomic E-state index is 12.8. The first-order chi connectivity index (χ1) is 17.8. The summed E-state index contributed by atoms with van der Waals surface area (Å²) in [5.74, 6) is 1.55. The van der Waals surface area contributed by atoms with Crippen LogP contribution in [0.2, 0.25) is 0 Å². The first-order valence-corrected chi connectivity index (χ1v) is 13.1. The van der Waals surface area contributed by atoms with Crippen LogP contribution in [0.5, 0.6) is 11.5 Å². The summed E-state index contributed by atoms with van der Waals surface area (Å²) in [5, 5.41) is 12.8. The highest BCUT2D eigenvalue weighted by atomic mass is 16.5. The number of hydrogen-bond donors (Lipinski definition) is 1. The Bertz CT molecular complexity index is 1320. The van der Waals surface area contributed by atoms with Crippen molar-refractivity contribution in [3.8, 4) is 22.6 Å². The topological polar surface area (TPSA) is 38.7 Å². The third kappa shape index (κ3) is 5.42. The van der Waals surface area contributed by atoms with E-state index in [2.05, 4.69) is 45.9 Å². The Kier molecular flexibility index (Phi) is 8.04. The smallest absolute Gasteiger partial charge is 0.144 e. The Balaban J connectivity index is 1.99. The van der Waals surface area contributed by atoms with E-state index in [-0.39, 0.29) is 5.41 Å². The fourth-order valence-corrected chi connectivity index (χ4v) is 4.84. The summed E-state index contributed by atoms with van der Waals surface area (Å²) in [6.45, 7) is 9.31. The van der Waals surface area contributed by atoms with Crippen molar-refractivity contribution in [2.24, 2.45) is 0 Å². The minimum atomic E-state index is -1.43. The summed E-state index contributed by atoms with van der Waals surface area (Å²) >= 11 is 0. The maximum atomic E-state index is 12.8. The fourth-order valence-electron chi connectivity index (χ4n) is 4.84. The van der Waals surface area contributed by atoms with Crippen LogP contribution in [0.25, 0.3) is 11.1 Å². The lowest BCUT2D eigenvalue weighted by Crippen LogP contribution is -2.31. The van der Waals surface area contributed by atoms with Gasteiger partial charge < -0.3 is 14.6 Å². The molecule has 4 aromatic rings. The summed E-state index contributed by atoms with van der Waals surface area (Å²) in [5.41, 5.74) is 3.76. The molecule has 0 spiro atoms. The number of rotatable bonds is 9. The number of methoxy groups -OCH3 is 1. The summed E-state index contributed by atoms with van der Waals surface area (Å²) in [7, 11) is 1.68. The number of benzene rings is 4. The predicted molar refractivity (Wildman–Crippen MR) is 153 cm³/mol. The fraction of sp³-hybridized carbons (Fsp3) is 0.294. The van der Waals surface area contributed by atoms with Gasteiger partial charge in [0, 0.05) is 11.1 Å². The molecule has 0 amide bonds. The van der Waals surface area contributed by atoms with Crippen molar-refractivity contribution in [3.05, 3.63) is 119 Å². The van der Waals surface area contributed by atoms with Crippen molar-refractivity contribution < 1.29 is 14.6 Å². The second-order valence-electron chi connectivity index (χ2n) is 10.5. The predicted octanol–water partition coefficient (Wildman–Crippen LogP) is 8.12. The molecule has 1 unspecified atom stereocenters. The van der Waals surface area contributed by atoms with Crippen molar-refractivity contribution in [2.45, 2.75) is 51.6 Å². The molecular formula is C34H38O3. The van der Waals surface area contributed by atoms with E-state index in [4.69, 9.17) is 9.47 Å². The van der Waals surface area contributed by atoms with Gasteiger partial charge in [-0.05, 0) is 46.2 Å². The van der Waals surface area contributed by atoms with Crippen LogP contribution in [-0.2, 0) is 11.0 Å². The van der Waals surface area contributed by atoms with Crippen molar-refractivity contribution in [2.75, 3.05) is 13.7 Å². The number of ether oxygens (including phenoxy) is 2. The molecule has 0 saturated heterocycles. The van der Waals surface area contributed by atoms with Crippen LogP contribution in [0.1, 0.15) is 62.8 Å². The zero-order valence-corrected chi connectivity index (χ0v) is 22.6. The van der Waals surface area contributed by atoms with E-state index < -0.39 is 5.60 Å². The molecule has 1 atom stereocenters. The molecule has 0 aliphatic heterocycles. The minimum absolute atomic E-state index is 0.158. The molecule has 4 rings (SSSR count). The number of para-hydroxylation sites is 2. The maximum Gasteiger partial charge on any atom is 0.144 e. The standard InChI is InChI=1S/C34H38O3/c1-6-7-23-37-32-29(33(2,3)4)20-14-21-30(32)34(35,26-16-9-8-10-17-26)27-18-13-15-25(24-27)28-19-11-12-22-31(28)36-5/h8-22,24,35H,6-7,23H2,1-5H3. The molecule has 0 aliphatic carbocycles. The molecule has 192 valence electrons. The van der Waals surface area contributed by atoms with Crippen molar-refractivity contribution >= 4 is 0 Å². The highest BCUT2D eigenvalue weighted by molar-refractivity contribution is 5.72. The molecule has 3 nitrogen and oxygen atoms in total. The molecule has 0 radical (unpaired) electrons. The van der Waals surface area contributed by atoms with Crippen LogP contribution >= 0.6 is 0 Å². The number of hydrogen-bond acceptors (Lipinski definition) is 3. The first kappa shape index (κ1) is 26.5. The van der Waals surface area contributed by atoms with Crippen molar-refractivity contribution in [1.82, 2.24) is 0 Å². The van der Waals surface area contributed by atoms with Gasteiger partial charge in [0.1, 0.15) is 17.1 Å². The van der Waals surface area contributed by atoms with Crippen LogP contribution in [0.15, 0.2) is 97.1 Å². The Morgan fingerprint density at radius 1 is 0.730 bits per heavy atom. The van der Waals surface area contributed by atoms with Gasteiger partial charge in [0.15, 0.2) is 0 Å². The summed E-state index contributed by atoms with van der Waals surface area (Å²) in [6, 6.07) is 32.1. The largest absolute Gasteiger partial charge is 0.496 e. The summed E-state index contributed by atoms with van der Waals surface area (Å²) in [4.78, 5) is 0. The number of unbranched alkanes of at least 4 members (excludes halogenated alkanes) is 1. The van der Waals surface area contributed by atoms with Gasteiger partial charge in [0.2, 0.25) is 0 Å². The molecule has 1 N–H and O–H groups in total. The zero-order valence-electron chi connectivity index (χ0n) is 22.6. The van der Waals surface area contributed by atoms with Crippen LogP contribution in [0.3, 0.4) is 0 Å². The van der Waals surface area contributed by atoms with Crippen LogP contribution in [-0.4, -0.2) is 18.8 Å². The highest BCUT2D eigenvalue weighted by Gasteiger charge is 2.38. The second-order valence-corrected chi connectivity index (χ2v) is 10.5. The van der Waals surface area contributed by atoms with Crippen LogP contribution < -0.4 is 9.47 Å². The third-order valence-corrected chi connectivity index (χ3v) is 6.85. The van der Waals surface area contributed by atoms with Crippen LogP contribution in [0, 0.1) is 0 Å². The zero-order chi connectivity index (χ0) is 26.5. The van der Waals surface area contributed by atoms with E-state index in [1.165, 1.54) is 0 Å². The van der Waals surface area contributed by atoms with E-state index >= 15 is 0 Å². The molecule has 4 aromatic carbocycles. The average molecular weight is 495 g/mol. The molecular weight excluding hydrogens is 456 g/mol. The van der Waals surface area contributed by atoms with Crippen LogP contribution in [0.4, 0.5) is 0 Å². The molecule has 0 aromatic heterocycles. The molecule has 0 saturated carbocycles. The van der Waals surface area contributed by atoms with Gasteiger partial charge in [-0.1, -0.05) is 119 Å². The van der Waals surface area contributed by atoms with Gasteiger partial charge >= 0.3 is 0 Å².